The van der Waals surface area contributed by atoms with Gasteiger partial charge in [-0.05, 0) is 57.6 Å². The summed E-state index contributed by atoms with van der Waals surface area (Å²) in [5, 5.41) is 25.6. The number of likely N-dealkylation sites (tertiary alicyclic amines) is 1. The van der Waals surface area contributed by atoms with Crippen molar-refractivity contribution in [2.75, 3.05) is 19.9 Å². The Bertz CT molecular complexity index is 1510. The van der Waals surface area contributed by atoms with Gasteiger partial charge in [-0.25, -0.2) is 24.8 Å². The molecule has 2 fully saturated rings. The van der Waals surface area contributed by atoms with Crippen molar-refractivity contribution in [3.05, 3.63) is 72.3 Å². The SMILES string of the molecule is C=CC1C[C@]1(NC(=O)C1CCCN1C(=O)N(COCCCC)NC(=O)OC(C)(C)C)C(=O)O.CC.ON=C1c2ccccc2-c2ccccc21. The number of benzene rings is 2. The third-order valence-corrected chi connectivity index (χ3v) is 8.30. The Morgan fingerprint density at radius 1 is 1.06 bits per heavy atom. The molecule has 4 amide bonds. The highest BCUT2D eigenvalue weighted by atomic mass is 16.6. The van der Waals surface area contributed by atoms with E-state index in [9.17, 15) is 24.3 Å². The average Bonchev–Trinajstić information content (AvgIpc) is 3.43. The molecule has 1 saturated heterocycles. The number of ether oxygens (including phenoxy) is 2. The zero-order valence-electron chi connectivity index (χ0n) is 29.9. The van der Waals surface area contributed by atoms with Gasteiger partial charge < -0.3 is 30.0 Å². The maximum absolute atomic E-state index is 13.2. The van der Waals surface area contributed by atoms with Crippen LogP contribution in [0.25, 0.3) is 11.1 Å². The van der Waals surface area contributed by atoms with Crippen LogP contribution in [0.5, 0.6) is 0 Å². The molecular weight excluding hydrogens is 642 g/mol. The van der Waals surface area contributed by atoms with Gasteiger partial charge in [-0.1, -0.05) is 87.0 Å². The Balaban J connectivity index is 0.000000326. The number of nitrogens with one attached hydrogen (secondary N) is 2. The summed E-state index contributed by atoms with van der Waals surface area (Å²) >= 11 is 0. The number of urea groups is 1. The highest BCUT2D eigenvalue weighted by molar-refractivity contribution is 6.24. The van der Waals surface area contributed by atoms with Crippen LogP contribution in [0.1, 0.15) is 84.8 Å². The van der Waals surface area contributed by atoms with Crippen LogP contribution < -0.4 is 10.7 Å². The summed E-state index contributed by atoms with van der Waals surface area (Å²) in [6.45, 7) is 15.2. The van der Waals surface area contributed by atoms with E-state index in [1.807, 2.05) is 69.3 Å². The Morgan fingerprint density at radius 2 is 1.64 bits per heavy atom. The molecule has 5 rings (SSSR count). The summed E-state index contributed by atoms with van der Waals surface area (Å²) in [4.78, 5) is 51.5. The second-order valence-corrected chi connectivity index (χ2v) is 12.9. The van der Waals surface area contributed by atoms with Gasteiger partial charge in [0.2, 0.25) is 5.91 Å². The molecule has 1 heterocycles. The van der Waals surface area contributed by atoms with Crippen molar-refractivity contribution in [3.63, 3.8) is 0 Å². The quantitative estimate of drug-likeness (QED) is 0.0680. The highest BCUT2D eigenvalue weighted by Gasteiger charge is 2.61. The van der Waals surface area contributed by atoms with Gasteiger partial charge in [-0.3, -0.25) is 4.79 Å². The summed E-state index contributed by atoms with van der Waals surface area (Å²) < 4.78 is 10.7. The van der Waals surface area contributed by atoms with Gasteiger partial charge in [0.1, 0.15) is 29.6 Å². The van der Waals surface area contributed by atoms with Gasteiger partial charge in [0.05, 0.1) is 0 Å². The van der Waals surface area contributed by atoms with E-state index in [2.05, 4.69) is 22.5 Å². The minimum Gasteiger partial charge on any atom is -0.479 e. The molecule has 2 unspecified atom stereocenters. The predicted octanol–water partition coefficient (Wildman–Crippen LogP) is 6.15. The zero-order valence-corrected chi connectivity index (χ0v) is 29.9. The standard InChI is InChI=1S/C22H36N4O7.C13H9NO.C2H6/c1-6-8-12-32-14-26(24-19(30)33-21(3,4)5)20(31)25-11-9-10-16(25)17(27)23-22(18(28)29)13-15(22)7-2;15-14-13-11-7-3-1-5-9(11)10-6-2-4-8-12(10)13;1-2/h7,15-16H,2,6,8-14H2,1,3-5H3,(H,23,27)(H,24,30)(H,28,29);1-8,15H;1-2H3/t15?,16?,22-;;/m1../s1. The van der Waals surface area contributed by atoms with Crippen molar-refractivity contribution in [1.82, 2.24) is 20.7 Å². The van der Waals surface area contributed by atoms with E-state index in [1.165, 1.54) is 11.0 Å². The van der Waals surface area contributed by atoms with Crippen molar-refractivity contribution in [3.8, 4) is 11.1 Å². The van der Waals surface area contributed by atoms with E-state index in [0.29, 0.717) is 25.2 Å². The van der Waals surface area contributed by atoms with Crippen molar-refractivity contribution in [2.45, 2.75) is 90.8 Å². The molecular formula is C37H51N5O8. The van der Waals surface area contributed by atoms with E-state index in [1.54, 1.807) is 20.8 Å². The van der Waals surface area contributed by atoms with Crippen LogP contribution in [0.15, 0.2) is 66.3 Å². The predicted molar refractivity (Wildman–Crippen MR) is 190 cm³/mol. The first kappa shape index (κ1) is 39.5. The topological polar surface area (TPSA) is 170 Å². The molecule has 0 spiro atoms. The first-order valence-electron chi connectivity index (χ1n) is 17.1. The minimum atomic E-state index is -1.38. The molecule has 1 aliphatic heterocycles. The number of hydrogen-bond acceptors (Lipinski definition) is 8. The fraction of sp³-hybridized carbons (Fsp3) is 0.486. The summed E-state index contributed by atoms with van der Waals surface area (Å²) in [6.07, 6.45) is 3.56. The highest BCUT2D eigenvalue weighted by Crippen LogP contribution is 2.45. The molecule has 1 saturated carbocycles. The van der Waals surface area contributed by atoms with Crippen LogP contribution in [0.2, 0.25) is 0 Å². The molecule has 13 heteroatoms. The molecule has 2 aliphatic carbocycles. The molecule has 2 aromatic rings. The van der Waals surface area contributed by atoms with Gasteiger partial charge in [-0.15, -0.1) is 6.58 Å². The van der Waals surface area contributed by atoms with E-state index in [0.717, 1.165) is 40.1 Å². The number of aliphatic carboxylic acids is 1. The fourth-order valence-corrected chi connectivity index (χ4v) is 5.79. The normalized spacial score (nSPS) is 19.6. The molecule has 50 heavy (non-hydrogen) atoms. The third kappa shape index (κ3) is 9.41. The van der Waals surface area contributed by atoms with Crippen molar-refractivity contribution in [2.24, 2.45) is 11.1 Å². The Hall–Kier alpha value is -4.91. The number of rotatable bonds is 9. The fourth-order valence-electron chi connectivity index (χ4n) is 5.79. The third-order valence-electron chi connectivity index (χ3n) is 8.30. The lowest BCUT2D eigenvalue weighted by molar-refractivity contribution is -0.144. The molecule has 3 aliphatic rings. The molecule has 4 N–H and O–H groups in total. The largest absolute Gasteiger partial charge is 0.479 e. The molecule has 0 bridgehead atoms. The number of unbranched alkanes of at least 4 members (excludes halogenated alkanes) is 1. The van der Waals surface area contributed by atoms with E-state index in [4.69, 9.17) is 14.7 Å². The van der Waals surface area contributed by atoms with E-state index >= 15 is 0 Å². The molecule has 13 nitrogen and oxygen atoms in total. The Labute approximate surface area is 294 Å². The van der Waals surface area contributed by atoms with Crippen LogP contribution in [0.4, 0.5) is 9.59 Å². The summed E-state index contributed by atoms with van der Waals surface area (Å²) in [6, 6.07) is 14.5. The van der Waals surface area contributed by atoms with Crippen LogP contribution in [-0.2, 0) is 19.1 Å². The number of carbonyl (C=O) groups excluding carboxylic acids is 3. The Morgan fingerprint density at radius 3 is 2.12 bits per heavy atom. The first-order chi connectivity index (χ1) is 23.9. The number of amides is 4. The van der Waals surface area contributed by atoms with E-state index in [-0.39, 0.29) is 25.6 Å². The van der Waals surface area contributed by atoms with Crippen LogP contribution in [-0.4, -0.2) is 87.0 Å². The van der Waals surface area contributed by atoms with Gasteiger partial charge in [0, 0.05) is 30.2 Å². The summed E-state index contributed by atoms with van der Waals surface area (Å²) in [5.41, 5.74) is 5.20. The number of fused-ring (bicyclic) bond motifs is 3. The van der Waals surface area contributed by atoms with Crippen LogP contribution in [0, 0.1) is 5.92 Å². The second-order valence-electron chi connectivity index (χ2n) is 12.9. The van der Waals surface area contributed by atoms with Gasteiger partial charge in [0.15, 0.2) is 0 Å². The zero-order chi connectivity index (χ0) is 37.1. The van der Waals surface area contributed by atoms with Crippen molar-refractivity contribution < 1.29 is 39.0 Å². The van der Waals surface area contributed by atoms with Crippen LogP contribution in [0.3, 0.4) is 0 Å². The monoisotopic (exact) mass is 693 g/mol. The van der Waals surface area contributed by atoms with Gasteiger partial charge in [0.25, 0.3) is 0 Å². The van der Waals surface area contributed by atoms with Gasteiger partial charge in [-0.2, -0.15) is 0 Å². The number of oxime groups is 1. The number of carboxylic acids is 1. The molecule has 2 aromatic carbocycles. The first-order valence-corrected chi connectivity index (χ1v) is 17.1. The Kier molecular flexibility index (Phi) is 14.0. The number of nitrogens with zero attached hydrogens (tertiary/aromatic N) is 3. The molecule has 0 aromatic heterocycles. The smallest absolute Gasteiger partial charge is 0.426 e. The van der Waals surface area contributed by atoms with Crippen molar-refractivity contribution in [1.29, 1.82) is 0 Å². The maximum Gasteiger partial charge on any atom is 0.426 e. The number of carboxylic acid groups (broad SMARTS) is 1. The number of hydrogen-bond donors (Lipinski definition) is 4. The lowest BCUT2D eigenvalue weighted by Crippen LogP contribution is -2.58. The average molecular weight is 694 g/mol. The lowest BCUT2D eigenvalue weighted by atomic mass is 10.1. The van der Waals surface area contributed by atoms with Gasteiger partial charge >= 0.3 is 18.1 Å². The van der Waals surface area contributed by atoms with Crippen molar-refractivity contribution >= 4 is 29.7 Å². The van der Waals surface area contributed by atoms with Crippen LogP contribution >= 0.6 is 0 Å². The number of hydrazine groups is 1. The number of carbonyl (C=O) groups is 4. The molecule has 272 valence electrons. The molecule has 3 atom stereocenters. The lowest BCUT2D eigenvalue weighted by Gasteiger charge is -2.32. The minimum absolute atomic E-state index is 0.222. The maximum atomic E-state index is 13.2. The van der Waals surface area contributed by atoms with E-state index < -0.39 is 41.2 Å². The summed E-state index contributed by atoms with van der Waals surface area (Å²) in [7, 11) is 0. The second kappa shape index (κ2) is 17.7. The molecule has 0 radical (unpaired) electrons. The summed E-state index contributed by atoms with van der Waals surface area (Å²) in [5.74, 6) is -2.03.